The number of likely N-dealkylation sites (tertiary alicyclic amines) is 1. The van der Waals surface area contributed by atoms with Gasteiger partial charge >= 0.3 is 5.97 Å². The zero-order valence-corrected chi connectivity index (χ0v) is 14.6. The van der Waals surface area contributed by atoms with Gasteiger partial charge in [0.1, 0.15) is 5.82 Å². The largest absolute Gasteiger partial charge is 0.462 e. The summed E-state index contributed by atoms with van der Waals surface area (Å²) in [4.78, 5) is 18.5. The number of esters is 1. The van der Waals surface area contributed by atoms with Crippen molar-refractivity contribution in [2.24, 2.45) is 0 Å². The minimum Gasteiger partial charge on any atom is -0.462 e. The fourth-order valence-corrected chi connectivity index (χ4v) is 3.18. The topological polar surface area (TPSA) is 54.5 Å². The van der Waals surface area contributed by atoms with Gasteiger partial charge in [0.15, 0.2) is 0 Å². The predicted molar refractivity (Wildman–Crippen MR) is 98.6 cm³/mol. The molecule has 1 aliphatic rings. The molecule has 132 valence electrons. The first-order valence-electron chi connectivity index (χ1n) is 8.90. The number of ether oxygens (including phenoxy) is 1. The number of nitrogens with zero attached hydrogens (tertiary/aromatic N) is 2. The fraction of sp³-hybridized carbons (Fsp3) is 0.400. The van der Waals surface area contributed by atoms with Gasteiger partial charge in [-0.05, 0) is 44.0 Å². The quantitative estimate of drug-likeness (QED) is 0.818. The van der Waals surface area contributed by atoms with Crippen LogP contribution < -0.4 is 5.32 Å². The van der Waals surface area contributed by atoms with E-state index >= 15 is 0 Å². The molecule has 2 heterocycles. The maximum absolute atomic E-state index is 11.7. The fourth-order valence-electron chi connectivity index (χ4n) is 3.18. The second-order valence-electron chi connectivity index (χ2n) is 6.36. The Bertz CT molecular complexity index is 673. The zero-order chi connectivity index (χ0) is 17.5. The molecule has 2 aromatic rings. The van der Waals surface area contributed by atoms with Crippen LogP contribution in [0.4, 0.5) is 5.82 Å². The highest BCUT2D eigenvalue weighted by atomic mass is 16.5. The molecule has 1 aliphatic heterocycles. The molecule has 1 fully saturated rings. The van der Waals surface area contributed by atoms with Gasteiger partial charge in [-0.1, -0.05) is 30.3 Å². The van der Waals surface area contributed by atoms with Crippen molar-refractivity contribution in [1.82, 2.24) is 9.88 Å². The molecule has 1 atom stereocenters. The van der Waals surface area contributed by atoms with Crippen LogP contribution in [-0.4, -0.2) is 41.6 Å². The van der Waals surface area contributed by atoms with Crippen LogP contribution in [0.3, 0.4) is 0 Å². The number of anilines is 1. The second-order valence-corrected chi connectivity index (χ2v) is 6.36. The molecule has 1 aromatic heterocycles. The van der Waals surface area contributed by atoms with Gasteiger partial charge in [-0.2, -0.15) is 0 Å². The first-order chi connectivity index (χ1) is 12.2. The predicted octanol–water partition coefficient (Wildman–Crippen LogP) is 3.33. The SMILES string of the molecule is CCOC(=O)c1ccc(NC2CCCN(Cc3ccccc3)C2)nc1. The molecule has 0 aliphatic carbocycles. The van der Waals surface area contributed by atoms with Crippen LogP contribution in [0, 0.1) is 0 Å². The summed E-state index contributed by atoms with van der Waals surface area (Å²) in [5, 5.41) is 3.49. The molecule has 1 unspecified atom stereocenters. The number of aromatic nitrogens is 1. The van der Waals surface area contributed by atoms with E-state index in [1.165, 1.54) is 12.0 Å². The lowest BCUT2D eigenvalue weighted by atomic mass is 10.0. The van der Waals surface area contributed by atoms with Gasteiger partial charge in [0.05, 0.1) is 12.2 Å². The third-order valence-electron chi connectivity index (χ3n) is 4.38. The van der Waals surface area contributed by atoms with Crippen LogP contribution in [0.2, 0.25) is 0 Å². The maximum Gasteiger partial charge on any atom is 0.339 e. The molecule has 0 radical (unpaired) electrons. The van der Waals surface area contributed by atoms with E-state index in [0.717, 1.165) is 31.9 Å². The van der Waals surface area contributed by atoms with E-state index in [1.54, 1.807) is 19.2 Å². The number of pyridine rings is 1. The normalized spacial score (nSPS) is 17.9. The monoisotopic (exact) mass is 339 g/mol. The van der Waals surface area contributed by atoms with Crippen LogP contribution >= 0.6 is 0 Å². The van der Waals surface area contributed by atoms with E-state index in [9.17, 15) is 4.79 Å². The van der Waals surface area contributed by atoms with E-state index < -0.39 is 0 Å². The van der Waals surface area contributed by atoms with Gasteiger partial charge in [0.2, 0.25) is 0 Å². The molecule has 0 amide bonds. The molecule has 3 rings (SSSR count). The van der Waals surface area contributed by atoms with Crippen LogP contribution in [0.1, 0.15) is 35.7 Å². The van der Waals surface area contributed by atoms with Gasteiger partial charge in [-0.15, -0.1) is 0 Å². The Hall–Kier alpha value is -2.40. The summed E-state index contributed by atoms with van der Waals surface area (Å²) >= 11 is 0. The number of benzene rings is 1. The summed E-state index contributed by atoms with van der Waals surface area (Å²) in [5.74, 6) is 0.480. The third-order valence-corrected chi connectivity index (χ3v) is 4.38. The minimum atomic E-state index is -0.326. The molecule has 5 heteroatoms. The number of hydrogen-bond acceptors (Lipinski definition) is 5. The van der Waals surface area contributed by atoms with Crippen LogP contribution in [0.15, 0.2) is 48.7 Å². The first-order valence-corrected chi connectivity index (χ1v) is 8.90. The van der Waals surface area contributed by atoms with Crippen molar-refractivity contribution in [1.29, 1.82) is 0 Å². The Kier molecular flexibility index (Phi) is 6.01. The lowest BCUT2D eigenvalue weighted by Gasteiger charge is -2.33. The highest BCUT2D eigenvalue weighted by molar-refractivity contribution is 5.89. The molecule has 0 spiro atoms. The van der Waals surface area contributed by atoms with Crippen molar-refractivity contribution in [2.75, 3.05) is 25.0 Å². The summed E-state index contributed by atoms with van der Waals surface area (Å²) in [5.41, 5.74) is 1.84. The van der Waals surface area contributed by atoms with Crippen LogP contribution in [0.25, 0.3) is 0 Å². The van der Waals surface area contributed by atoms with Crippen molar-refractivity contribution >= 4 is 11.8 Å². The second kappa shape index (κ2) is 8.62. The van der Waals surface area contributed by atoms with Crippen molar-refractivity contribution in [2.45, 2.75) is 32.4 Å². The van der Waals surface area contributed by atoms with Crippen molar-refractivity contribution in [3.63, 3.8) is 0 Å². The lowest BCUT2D eigenvalue weighted by Crippen LogP contribution is -2.41. The number of piperidine rings is 1. The summed E-state index contributed by atoms with van der Waals surface area (Å²) in [6, 6.07) is 14.6. The lowest BCUT2D eigenvalue weighted by molar-refractivity contribution is 0.0526. The van der Waals surface area contributed by atoms with Crippen molar-refractivity contribution in [3.05, 3.63) is 59.8 Å². The van der Waals surface area contributed by atoms with Gasteiger partial charge in [-0.25, -0.2) is 9.78 Å². The van der Waals surface area contributed by atoms with E-state index in [-0.39, 0.29) is 5.97 Å². The number of carbonyl (C=O) groups excluding carboxylic acids is 1. The molecule has 0 bridgehead atoms. The Balaban J connectivity index is 1.54. The van der Waals surface area contributed by atoms with E-state index in [1.807, 2.05) is 6.07 Å². The van der Waals surface area contributed by atoms with Gasteiger partial charge in [0, 0.05) is 25.3 Å². The summed E-state index contributed by atoms with van der Waals surface area (Å²) in [7, 11) is 0. The van der Waals surface area contributed by atoms with Crippen molar-refractivity contribution < 1.29 is 9.53 Å². The van der Waals surface area contributed by atoms with Crippen LogP contribution in [-0.2, 0) is 11.3 Å². The molecular formula is C20H25N3O2. The number of hydrogen-bond donors (Lipinski definition) is 1. The molecule has 5 nitrogen and oxygen atoms in total. The molecule has 1 N–H and O–H groups in total. The molecular weight excluding hydrogens is 314 g/mol. The van der Waals surface area contributed by atoms with E-state index in [0.29, 0.717) is 18.2 Å². The summed E-state index contributed by atoms with van der Waals surface area (Å²) < 4.78 is 4.98. The number of rotatable bonds is 6. The average molecular weight is 339 g/mol. The van der Waals surface area contributed by atoms with E-state index in [4.69, 9.17) is 4.74 Å². The standard InChI is InChI=1S/C20H25N3O2/c1-2-25-20(24)17-10-11-19(21-13-17)22-18-9-6-12-23(15-18)14-16-7-4-3-5-8-16/h3-5,7-8,10-11,13,18H,2,6,9,12,14-15H2,1H3,(H,21,22). The highest BCUT2D eigenvalue weighted by Gasteiger charge is 2.20. The van der Waals surface area contributed by atoms with Gasteiger partial charge in [-0.3, -0.25) is 4.90 Å². The molecule has 25 heavy (non-hydrogen) atoms. The molecule has 0 saturated carbocycles. The molecule has 1 saturated heterocycles. The number of carbonyl (C=O) groups is 1. The number of nitrogens with one attached hydrogen (secondary N) is 1. The van der Waals surface area contributed by atoms with Crippen molar-refractivity contribution in [3.8, 4) is 0 Å². The highest BCUT2D eigenvalue weighted by Crippen LogP contribution is 2.17. The van der Waals surface area contributed by atoms with E-state index in [2.05, 4.69) is 45.5 Å². The Morgan fingerprint density at radius 1 is 1.28 bits per heavy atom. The third kappa shape index (κ3) is 5.03. The Morgan fingerprint density at radius 2 is 2.12 bits per heavy atom. The average Bonchev–Trinajstić information content (AvgIpc) is 2.64. The van der Waals surface area contributed by atoms with Gasteiger partial charge in [0.25, 0.3) is 0 Å². The summed E-state index contributed by atoms with van der Waals surface area (Å²) in [6.07, 6.45) is 3.88. The first kappa shape index (κ1) is 17.4. The minimum absolute atomic E-state index is 0.326. The summed E-state index contributed by atoms with van der Waals surface area (Å²) in [6.45, 7) is 5.27. The van der Waals surface area contributed by atoms with Gasteiger partial charge < -0.3 is 10.1 Å². The Labute approximate surface area is 149 Å². The zero-order valence-electron chi connectivity index (χ0n) is 14.6. The van der Waals surface area contributed by atoms with Crippen LogP contribution in [0.5, 0.6) is 0 Å². The Morgan fingerprint density at radius 3 is 2.84 bits per heavy atom. The molecule has 1 aromatic carbocycles. The smallest absolute Gasteiger partial charge is 0.339 e. The maximum atomic E-state index is 11.7.